The van der Waals surface area contributed by atoms with Gasteiger partial charge in [0.05, 0.1) is 24.9 Å². The van der Waals surface area contributed by atoms with E-state index in [9.17, 15) is 4.79 Å². The molecule has 3 rings (SSSR count). The Morgan fingerprint density at radius 1 is 1.31 bits per heavy atom. The number of fused-ring (bicyclic) bond motifs is 1. The normalized spacial score (nSPS) is 13.9. The Morgan fingerprint density at radius 3 is 2.77 bits per heavy atom. The summed E-state index contributed by atoms with van der Waals surface area (Å²) in [5.41, 5.74) is 4.95. The fraction of sp³-hybridized carbons (Fsp3) is 0.381. The second kappa shape index (κ2) is 8.23. The molecule has 0 bridgehead atoms. The SMILES string of the molecule is CNCc1nc(CC(=O)C[C@H](C)c2ccccc2)cc2c1C(OC)=NC2. The van der Waals surface area contributed by atoms with Crippen LogP contribution in [0.3, 0.4) is 0 Å². The van der Waals surface area contributed by atoms with E-state index in [4.69, 9.17) is 9.72 Å². The zero-order chi connectivity index (χ0) is 18.5. The maximum absolute atomic E-state index is 12.6. The highest BCUT2D eigenvalue weighted by molar-refractivity contribution is 5.98. The Hall–Kier alpha value is -2.53. The van der Waals surface area contributed by atoms with Gasteiger partial charge < -0.3 is 10.1 Å². The number of ketones is 1. The topological polar surface area (TPSA) is 63.6 Å². The number of aliphatic imine (C=N–C) groups is 1. The second-order valence-electron chi connectivity index (χ2n) is 6.68. The van der Waals surface area contributed by atoms with Gasteiger partial charge in [-0.25, -0.2) is 4.99 Å². The van der Waals surface area contributed by atoms with Crippen LogP contribution in [-0.2, 0) is 29.0 Å². The third kappa shape index (κ3) is 3.99. The Morgan fingerprint density at radius 2 is 2.08 bits per heavy atom. The van der Waals surface area contributed by atoms with Crippen molar-refractivity contribution in [1.82, 2.24) is 10.3 Å². The van der Waals surface area contributed by atoms with Gasteiger partial charge >= 0.3 is 0 Å². The lowest BCUT2D eigenvalue weighted by molar-refractivity contribution is -0.118. The van der Waals surface area contributed by atoms with Crippen LogP contribution in [0.2, 0.25) is 0 Å². The second-order valence-corrected chi connectivity index (χ2v) is 6.68. The Bertz CT molecular complexity index is 816. The molecule has 26 heavy (non-hydrogen) atoms. The minimum atomic E-state index is 0.204. The minimum Gasteiger partial charge on any atom is -0.481 e. The molecule has 136 valence electrons. The molecule has 0 radical (unpaired) electrons. The molecule has 0 amide bonds. The van der Waals surface area contributed by atoms with E-state index in [1.165, 1.54) is 5.56 Å². The summed E-state index contributed by atoms with van der Waals surface area (Å²) in [4.78, 5) is 21.7. The molecule has 0 fully saturated rings. The first-order chi connectivity index (χ1) is 12.6. The van der Waals surface area contributed by atoms with E-state index in [1.807, 2.05) is 31.3 Å². The minimum absolute atomic E-state index is 0.204. The van der Waals surface area contributed by atoms with Crippen LogP contribution < -0.4 is 5.32 Å². The molecule has 2 aromatic rings. The standard InChI is InChI=1S/C21H25N3O2/c1-14(15-7-5-4-6-8-15)9-18(25)11-17-10-16-12-23-21(26-3)20(16)19(24-17)13-22-2/h4-8,10,14,22H,9,11-13H2,1-3H3/t14-/m0/s1. The molecule has 1 N–H and O–H groups in total. The maximum Gasteiger partial charge on any atom is 0.218 e. The van der Waals surface area contributed by atoms with Crippen LogP contribution >= 0.6 is 0 Å². The lowest BCUT2D eigenvalue weighted by atomic mass is 9.94. The Balaban J connectivity index is 1.74. The molecular formula is C21H25N3O2. The van der Waals surface area contributed by atoms with Crippen molar-refractivity contribution in [3.63, 3.8) is 0 Å². The van der Waals surface area contributed by atoms with Crippen molar-refractivity contribution in [1.29, 1.82) is 0 Å². The molecule has 0 spiro atoms. The van der Waals surface area contributed by atoms with Gasteiger partial charge in [0.15, 0.2) is 0 Å². The van der Waals surface area contributed by atoms with E-state index in [1.54, 1.807) is 7.11 Å². The van der Waals surface area contributed by atoms with Crippen molar-refractivity contribution < 1.29 is 9.53 Å². The number of nitrogens with zero attached hydrogens (tertiary/aromatic N) is 2. The highest BCUT2D eigenvalue weighted by atomic mass is 16.5. The summed E-state index contributed by atoms with van der Waals surface area (Å²) in [6.45, 7) is 3.29. The summed E-state index contributed by atoms with van der Waals surface area (Å²) < 4.78 is 5.36. The summed E-state index contributed by atoms with van der Waals surface area (Å²) in [5.74, 6) is 1.04. The third-order valence-corrected chi connectivity index (χ3v) is 4.65. The average molecular weight is 351 g/mol. The number of rotatable bonds is 7. The molecule has 0 saturated carbocycles. The number of carbonyl (C=O) groups is 1. The van der Waals surface area contributed by atoms with Gasteiger partial charge in [-0.05, 0) is 30.2 Å². The molecule has 1 aliphatic heterocycles. The molecule has 1 aromatic carbocycles. The zero-order valence-electron chi connectivity index (χ0n) is 15.6. The molecule has 1 aliphatic rings. The molecule has 1 aromatic heterocycles. The molecule has 5 heteroatoms. The first kappa shape index (κ1) is 18.3. The van der Waals surface area contributed by atoms with Gasteiger partial charge in [0, 0.05) is 25.1 Å². The predicted octanol–water partition coefficient (Wildman–Crippen LogP) is 3.01. The number of carbonyl (C=O) groups excluding carboxylic acids is 1. The van der Waals surface area contributed by atoms with Gasteiger partial charge in [-0.1, -0.05) is 37.3 Å². The lowest BCUT2D eigenvalue weighted by Crippen LogP contribution is -2.17. The number of methoxy groups -OCH3 is 1. The number of ether oxygens (including phenoxy) is 1. The predicted molar refractivity (Wildman–Crippen MR) is 102 cm³/mol. The first-order valence-corrected chi connectivity index (χ1v) is 8.94. The van der Waals surface area contributed by atoms with Crippen LogP contribution in [0.5, 0.6) is 0 Å². The molecule has 0 unspecified atom stereocenters. The third-order valence-electron chi connectivity index (χ3n) is 4.65. The summed E-state index contributed by atoms with van der Waals surface area (Å²) in [7, 11) is 3.51. The van der Waals surface area contributed by atoms with Crippen molar-refractivity contribution in [3.05, 3.63) is 64.5 Å². The summed E-state index contributed by atoms with van der Waals surface area (Å²) >= 11 is 0. The molecule has 0 saturated heterocycles. The van der Waals surface area contributed by atoms with Crippen molar-refractivity contribution in [3.8, 4) is 0 Å². The molecular weight excluding hydrogens is 326 g/mol. The van der Waals surface area contributed by atoms with Crippen molar-refractivity contribution in [2.75, 3.05) is 14.2 Å². The zero-order valence-corrected chi connectivity index (χ0v) is 15.6. The average Bonchev–Trinajstić information content (AvgIpc) is 3.06. The molecule has 2 heterocycles. The number of benzene rings is 1. The largest absolute Gasteiger partial charge is 0.481 e. The smallest absolute Gasteiger partial charge is 0.218 e. The number of hydrogen-bond acceptors (Lipinski definition) is 5. The van der Waals surface area contributed by atoms with E-state index >= 15 is 0 Å². The van der Waals surface area contributed by atoms with Crippen LogP contribution in [0.25, 0.3) is 0 Å². The van der Waals surface area contributed by atoms with E-state index in [0.29, 0.717) is 31.8 Å². The van der Waals surface area contributed by atoms with E-state index in [0.717, 1.165) is 22.5 Å². The Labute approximate surface area is 154 Å². The number of nitrogens with one attached hydrogen (secondary N) is 1. The highest BCUT2D eigenvalue weighted by Gasteiger charge is 2.23. The van der Waals surface area contributed by atoms with Gasteiger partial charge in [0.2, 0.25) is 5.90 Å². The fourth-order valence-corrected chi connectivity index (χ4v) is 3.41. The number of Topliss-reactive ketones (excluding diaryl/α,β-unsaturated/α-hetero) is 1. The van der Waals surface area contributed by atoms with Gasteiger partial charge in [0.1, 0.15) is 5.78 Å². The quantitative estimate of drug-likeness (QED) is 0.833. The van der Waals surface area contributed by atoms with E-state index < -0.39 is 0 Å². The summed E-state index contributed by atoms with van der Waals surface area (Å²) in [6.07, 6.45) is 0.868. The van der Waals surface area contributed by atoms with E-state index in [-0.39, 0.29) is 11.7 Å². The van der Waals surface area contributed by atoms with Crippen molar-refractivity contribution >= 4 is 11.7 Å². The molecule has 5 nitrogen and oxygen atoms in total. The summed E-state index contributed by atoms with van der Waals surface area (Å²) in [5, 5.41) is 3.13. The van der Waals surface area contributed by atoms with Crippen molar-refractivity contribution in [2.24, 2.45) is 4.99 Å². The fourth-order valence-electron chi connectivity index (χ4n) is 3.41. The van der Waals surface area contributed by atoms with Gasteiger partial charge in [-0.3, -0.25) is 9.78 Å². The first-order valence-electron chi connectivity index (χ1n) is 8.94. The van der Waals surface area contributed by atoms with Crippen LogP contribution in [0.4, 0.5) is 0 Å². The summed E-state index contributed by atoms with van der Waals surface area (Å²) in [6, 6.07) is 12.1. The van der Waals surface area contributed by atoms with Gasteiger partial charge in [-0.2, -0.15) is 0 Å². The number of pyridine rings is 1. The van der Waals surface area contributed by atoms with Crippen LogP contribution in [0, 0.1) is 0 Å². The Kier molecular flexibility index (Phi) is 5.78. The van der Waals surface area contributed by atoms with Crippen molar-refractivity contribution in [2.45, 2.75) is 38.8 Å². The maximum atomic E-state index is 12.6. The van der Waals surface area contributed by atoms with Crippen LogP contribution in [0.1, 0.15) is 47.3 Å². The number of aromatic nitrogens is 1. The highest BCUT2D eigenvalue weighted by Crippen LogP contribution is 2.25. The monoisotopic (exact) mass is 351 g/mol. The molecule has 1 atom stereocenters. The van der Waals surface area contributed by atoms with E-state index in [2.05, 4.69) is 29.4 Å². The molecule has 0 aliphatic carbocycles. The number of hydrogen-bond donors (Lipinski definition) is 1. The van der Waals surface area contributed by atoms with Crippen LogP contribution in [0.15, 0.2) is 41.4 Å². The van der Waals surface area contributed by atoms with Gasteiger partial charge in [0.25, 0.3) is 0 Å². The van der Waals surface area contributed by atoms with Crippen LogP contribution in [-0.4, -0.2) is 30.8 Å². The lowest BCUT2D eigenvalue weighted by Gasteiger charge is -2.13. The van der Waals surface area contributed by atoms with Gasteiger partial charge in [-0.15, -0.1) is 0 Å².